The maximum absolute atomic E-state index is 12.0. The fourth-order valence-electron chi connectivity index (χ4n) is 4.08. The maximum Gasteiger partial charge on any atom is 0.324 e. The predicted molar refractivity (Wildman–Crippen MR) is 89.3 cm³/mol. The second-order valence-corrected chi connectivity index (χ2v) is 7.12. The Morgan fingerprint density at radius 3 is 2.73 bits per heavy atom. The van der Waals surface area contributed by atoms with Crippen molar-refractivity contribution < 1.29 is 14.9 Å². The van der Waals surface area contributed by atoms with Crippen LogP contribution in [0.2, 0.25) is 13.1 Å². The molecule has 2 fully saturated rings. The van der Waals surface area contributed by atoms with Crippen LogP contribution in [0.1, 0.15) is 44.9 Å². The SMILES string of the molecule is CB(O)CCCC1CCNC1(CCN1CCCCC1)C(=O)O. The van der Waals surface area contributed by atoms with E-state index >= 15 is 0 Å². The standard InChI is InChI=1S/C16H31BN2O3/c1-17(22)9-5-6-14-7-10-18-16(14,15(20)21)8-13-19-11-3-2-4-12-19/h14,18,22H,2-13H2,1H3,(H,20,21). The molecule has 0 bridgehead atoms. The fourth-order valence-corrected chi connectivity index (χ4v) is 4.08. The Balaban J connectivity index is 1.91. The number of carboxylic acids is 1. The molecule has 0 aromatic heterocycles. The first-order valence-corrected chi connectivity index (χ1v) is 8.93. The molecule has 2 aliphatic rings. The number of rotatable bonds is 8. The second-order valence-electron chi connectivity index (χ2n) is 7.12. The van der Waals surface area contributed by atoms with Crippen LogP contribution in [0.4, 0.5) is 0 Å². The van der Waals surface area contributed by atoms with Gasteiger partial charge in [0.05, 0.1) is 0 Å². The quantitative estimate of drug-likeness (QED) is 0.595. The Labute approximate surface area is 134 Å². The van der Waals surface area contributed by atoms with E-state index in [0.29, 0.717) is 6.42 Å². The van der Waals surface area contributed by atoms with E-state index in [4.69, 9.17) is 0 Å². The summed E-state index contributed by atoms with van der Waals surface area (Å²) in [5.74, 6) is -0.502. The van der Waals surface area contributed by atoms with E-state index < -0.39 is 11.5 Å². The van der Waals surface area contributed by atoms with E-state index in [1.165, 1.54) is 19.3 Å². The Morgan fingerprint density at radius 1 is 1.36 bits per heavy atom. The second kappa shape index (κ2) is 8.32. The lowest BCUT2D eigenvalue weighted by Gasteiger charge is -2.35. The average molecular weight is 310 g/mol. The number of carbonyl (C=O) groups is 1. The lowest BCUT2D eigenvalue weighted by molar-refractivity contribution is -0.146. The average Bonchev–Trinajstić information content (AvgIpc) is 2.90. The van der Waals surface area contributed by atoms with Crippen molar-refractivity contribution in [1.29, 1.82) is 0 Å². The minimum atomic E-state index is -0.754. The molecule has 2 atom stereocenters. The summed E-state index contributed by atoms with van der Waals surface area (Å²) < 4.78 is 0. The van der Waals surface area contributed by atoms with Gasteiger partial charge >= 0.3 is 5.97 Å². The molecular formula is C16H31BN2O3. The molecule has 0 aromatic carbocycles. The molecule has 0 radical (unpaired) electrons. The van der Waals surface area contributed by atoms with Crippen LogP contribution in [0.3, 0.4) is 0 Å². The topological polar surface area (TPSA) is 72.8 Å². The van der Waals surface area contributed by atoms with Crippen molar-refractivity contribution in [3.05, 3.63) is 0 Å². The molecule has 126 valence electrons. The van der Waals surface area contributed by atoms with Gasteiger partial charge in [0, 0.05) is 6.54 Å². The number of nitrogens with one attached hydrogen (secondary N) is 1. The molecule has 2 aliphatic heterocycles. The Kier molecular flexibility index (Phi) is 6.72. The third-order valence-corrected chi connectivity index (χ3v) is 5.46. The minimum absolute atomic E-state index is 0.188. The van der Waals surface area contributed by atoms with Crippen LogP contribution in [-0.2, 0) is 4.79 Å². The molecule has 0 aromatic rings. The lowest BCUT2D eigenvalue weighted by atomic mass is 9.66. The Morgan fingerprint density at radius 2 is 2.09 bits per heavy atom. The number of carboxylic acid groups (broad SMARTS) is 1. The van der Waals surface area contributed by atoms with Crippen LogP contribution in [0, 0.1) is 5.92 Å². The van der Waals surface area contributed by atoms with Gasteiger partial charge in [-0.1, -0.05) is 19.7 Å². The van der Waals surface area contributed by atoms with Crippen LogP contribution >= 0.6 is 0 Å². The lowest BCUT2D eigenvalue weighted by Crippen LogP contribution is -2.54. The van der Waals surface area contributed by atoms with Crippen molar-refractivity contribution in [2.24, 2.45) is 5.92 Å². The molecule has 6 heteroatoms. The summed E-state index contributed by atoms with van der Waals surface area (Å²) in [7, 11) is 0. The van der Waals surface area contributed by atoms with Gasteiger partial charge in [-0.2, -0.15) is 0 Å². The van der Waals surface area contributed by atoms with E-state index in [1.54, 1.807) is 6.82 Å². The maximum atomic E-state index is 12.0. The number of hydrogen-bond acceptors (Lipinski definition) is 4. The zero-order valence-corrected chi connectivity index (χ0v) is 13.9. The fraction of sp³-hybridized carbons (Fsp3) is 0.938. The summed E-state index contributed by atoms with van der Waals surface area (Å²) in [5, 5.41) is 22.6. The number of piperidine rings is 1. The third-order valence-electron chi connectivity index (χ3n) is 5.46. The number of aliphatic carboxylic acids is 1. The molecular weight excluding hydrogens is 279 g/mol. The largest absolute Gasteiger partial charge is 0.480 e. The van der Waals surface area contributed by atoms with Gasteiger partial charge in [0.25, 0.3) is 6.92 Å². The van der Waals surface area contributed by atoms with Gasteiger partial charge in [-0.15, -0.1) is 0 Å². The molecule has 0 aliphatic carbocycles. The van der Waals surface area contributed by atoms with Crippen molar-refractivity contribution in [3.8, 4) is 0 Å². The first-order chi connectivity index (χ1) is 10.5. The van der Waals surface area contributed by atoms with E-state index in [2.05, 4.69) is 10.2 Å². The molecule has 2 rings (SSSR count). The smallest absolute Gasteiger partial charge is 0.324 e. The highest BCUT2D eigenvalue weighted by atomic mass is 16.4. The van der Waals surface area contributed by atoms with Crippen molar-refractivity contribution in [1.82, 2.24) is 10.2 Å². The van der Waals surface area contributed by atoms with Crippen molar-refractivity contribution in [2.75, 3.05) is 26.2 Å². The van der Waals surface area contributed by atoms with Gasteiger partial charge in [0.15, 0.2) is 0 Å². The Hall–Kier alpha value is -0.585. The number of likely N-dealkylation sites (tertiary alicyclic amines) is 1. The first kappa shape index (κ1) is 17.8. The van der Waals surface area contributed by atoms with E-state index in [1.807, 2.05) is 0 Å². The van der Waals surface area contributed by atoms with Crippen molar-refractivity contribution >= 4 is 12.9 Å². The van der Waals surface area contributed by atoms with Crippen LogP contribution in [0.5, 0.6) is 0 Å². The third kappa shape index (κ3) is 4.46. The van der Waals surface area contributed by atoms with E-state index in [9.17, 15) is 14.9 Å². The monoisotopic (exact) mass is 310 g/mol. The molecule has 0 spiro atoms. The predicted octanol–water partition coefficient (Wildman–Crippen LogP) is 1.69. The van der Waals surface area contributed by atoms with E-state index in [0.717, 1.165) is 51.8 Å². The van der Waals surface area contributed by atoms with Gasteiger partial charge in [-0.25, -0.2) is 0 Å². The normalized spacial score (nSPS) is 29.6. The number of hydrogen-bond donors (Lipinski definition) is 3. The molecule has 2 heterocycles. The Bertz CT molecular complexity index is 361. The summed E-state index contributed by atoms with van der Waals surface area (Å²) in [6, 6.07) is 0. The van der Waals surface area contributed by atoms with Gasteiger partial charge in [0.2, 0.25) is 0 Å². The molecule has 2 saturated heterocycles. The van der Waals surface area contributed by atoms with Crippen LogP contribution < -0.4 is 5.32 Å². The van der Waals surface area contributed by atoms with Crippen LogP contribution in [-0.4, -0.2) is 59.6 Å². The molecule has 3 N–H and O–H groups in total. The molecule has 2 unspecified atom stereocenters. The summed E-state index contributed by atoms with van der Waals surface area (Å²) in [5.41, 5.74) is -0.754. The molecule has 5 nitrogen and oxygen atoms in total. The minimum Gasteiger partial charge on any atom is -0.480 e. The summed E-state index contributed by atoms with van der Waals surface area (Å²) >= 11 is 0. The summed E-state index contributed by atoms with van der Waals surface area (Å²) in [4.78, 5) is 14.4. The highest BCUT2D eigenvalue weighted by molar-refractivity contribution is 6.48. The van der Waals surface area contributed by atoms with Gasteiger partial charge in [-0.05, 0) is 64.0 Å². The van der Waals surface area contributed by atoms with Crippen LogP contribution in [0.15, 0.2) is 0 Å². The van der Waals surface area contributed by atoms with Crippen molar-refractivity contribution in [2.45, 2.75) is 63.6 Å². The summed E-state index contributed by atoms with van der Waals surface area (Å²) in [6.45, 7) is 5.41. The van der Waals surface area contributed by atoms with Gasteiger partial charge < -0.3 is 20.3 Å². The number of nitrogens with zero attached hydrogens (tertiary/aromatic N) is 1. The zero-order chi connectivity index (χ0) is 16.0. The zero-order valence-electron chi connectivity index (χ0n) is 13.9. The van der Waals surface area contributed by atoms with Gasteiger partial charge in [-0.3, -0.25) is 4.79 Å². The van der Waals surface area contributed by atoms with Crippen LogP contribution in [0.25, 0.3) is 0 Å². The van der Waals surface area contributed by atoms with Gasteiger partial charge in [0.1, 0.15) is 5.54 Å². The summed E-state index contributed by atoms with van der Waals surface area (Å²) in [6.07, 6.45) is 7.98. The van der Waals surface area contributed by atoms with Crippen molar-refractivity contribution in [3.63, 3.8) is 0 Å². The highest BCUT2D eigenvalue weighted by Gasteiger charge is 2.48. The highest BCUT2D eigenvalue weighted by Crippen LogP contribution is 2.35. The molecule has 0 saturated carbocycles. The molecule has 0 amide bonds. The van der Waals surface area contributed by atoms with E-state index in [-0.39, 0.29) is 12.8 Å². The molecule has 22 heavy (non-hydrogen) atoms. The first-order valence-electron chi connectivity index (χ1n) is 8.93.